The second-order valence-electron chi connectivity index (χ2n) is 5.16. The molecule has 17 heavy (non-hydrogen) atoms. The molecule has 0 spiro atoms. The van der Waals surface area contributed by atoms with E-state index in [0.29, 0.717) is 6.04 Å². The molecule has 1 aromatic rings. The molecule has 1 saturated heterocycles. The average molecular weight is 236 g/mol. The standard InChI is InChI=1S/C14H24N2O/c1-12(11-16-8-4-3-5-9-16)15-10-14-7-6-13(2)17-14/h6-7,12,15H,3-5,8-11H2,1-2H3. The van der Waals surface area contributed by atoms with Crippen molar-refractivity contribution in [3.8, 4) is 0 Å². The number of hydrogen-bond donors (Lipinski definition) is 1. The van der Waals surface area contributed by atoms with Crippen LogP contribution in [0.5, 0.6) is 0 Å². The number of nitrogens with one attached hydrogen (secondary N) is 1. The summed E-state index contributed by atoms with van der Waals surface area (Å²) < 4.78 is 5.55. The van der Waals surface area contributed by atoms with E-state index in [1.165, 1.54) is 32.4 Å². The zero-order valence-corrected chi connectivity index (χ0v) is 11.0. The van der Waals surface area contributed by atoms with E-state index in [1.807, 2.05) is 13.0 Å². The molecule has 3 heteroatoms. The first kappa shape index (κ1) is 12.7. The van der Waals surface area contributed by atoms with Crippen molar-refractivity contribution in [1.82, 2.24) is 10.2 Å². The summed E-state index contributed by atoms with van der Waals surface area (Å²) in [5, 5.41) is 3.52. The molecule has 1 unspecified atom stereocenters. The van der Waals surface area contributed by atoms with Crippen molar-refractivity contribution in [2.24, 2.45) is 0 Å². The van der Waals surface area contributed by atoms with Crippen LogP contribution in [0.4, 0.5) is 0 Å². The summed E-state index contributed by atoms with van der Waals surface area (Å²) in [6.07, 6.45) is 4.14. The average Bonchev–Trinajstić information content (AvgIpc) is 2.74. The molecule has 96 valence electrons. The Kier molecular flexibility index (Phi) is 4.63. The predicted octanol–water partition coefficient (Wildman–Crippen LogP) is 2.55. The summed E-state index contributed by atoms with van der Waals surface area (Å²) in [7, 11) is 0. The summed E-state index contributed by atoms with van der Waals surface area (Å²) in [6.45, 7) is 8.77. The van der Waals surface area contributed by atoms with Crippen LogP contribution in [0.25, 0.3) is 0 Å². The van der Waals surface area contributed by atoms with Gasteiger partial charge in [0.25, 0.3) is 0 Å². The Morgan fingerprint density at radius 3 is 2.71 bits per heavy atom. The van der Waals surface area contributed by atoms with Crippen molar-refractivity contribution in [2.75, 3.05) is 19.6 Å². The highest BCUT2D eigenvalue weighted by molar-refractivity contribution is 5.05. The van der Waals surface area contributed by atoms with Gasteiger partial charge in [0, 0.05) is 12.6 Å². The van der Waals surface area contributed by atoms with E-state index in [4.69, 9.17) is 4.42 Å². The Labute approximate surface area is 104 Å². The lowest BCUT2D eigenvalue weighted by Crippen LogP contribution is -2.41. The molecule has 0 aliphatic carbocycles. The summed E-state index contributed by atoms with van der Waals surface area (Å²) in [5.74, 6) is 2.03. The first-order valence-corrected chi connectivity index (χ1v) is 6.75. The van der Waals surface area contributed by atoms with Gasteiger partial charge in [-0.1, -0.05) is 6.42 Å². The third-order valence-electron chi connectivity index (χ3n) is 3.40. The third kappa shape index (κ3) is 4.17. The van der Waals surface area contributed by atoms with Crippen molar-refractivity contribution in [3.63, 3.8) is 0 Å². The van der Waals surface area contributed by atoms with Gasteiger partial charge in [-0.2, -0.15) is 0 Å². The normalized spacial score (nSPS) is 19.4. The Bertz CT molecular complexity index is 329. The Morgan fingerprint density at radius 2 is 2.06 bits per heavy atom. The number of furan rings is 1. The highest BCUT2D eigenvalue weighted by atomic mass is 16.3. The molecule has 1 aromatic heterocycles. The Hall–Kier alpha value is -0.800. The molecule has 1 aliphatic heterocycles. The van der Waals surface area contributed by atoms with Gasteiger partial charge in [0.05, 0.1) is 6.54 Å². The molecule has 0 amide bonds. The van der Waals surface area contributed by atoms with Gasteiger partial charge < -0.3 is 14.6 Å². The lowest BCUT2D eigenvalue weighted by molar-refractivity contribution is 0.207. The Morgan fingerprint density at radius 1 is 1.29 bits per heavy atom. The number of rotatable bonds is 5. The van der Waals surface area contributed by atoms with Gasteiger partial charge in [0.1, 0.15) is 11.5 Å². The molecular weight excluding hydrogens is 212 g/mol. The number of aryl methyl sites for hydroxylation is 1. The minimum Gasteiger partial charge on any atom is -0.465 e. The van der Waals surface area contributed by atoms with Gasteiger partial charge >= 0.3 is 0 Å². The molecular formula is C14H24N2O. The first-order chi connectivity index (χ1) is 8.24. The molecule has 2 heterocycles. The molecule has 0 saturated carbocycles. The molecule has 1 N–H and O–H groups in total. The number of nitrogens with zero attached hydrogens (tertiary/aromatic N) is 1. The van der Waals surface area contributed by atoms with Crippen molar-refractivity contribution in [2.45, 2.75) is 45.7 Å². The fourth-order valence-corrected chi connectivity index (χ4v) is 2.45. The minimum absolute atomic E-state index is 0.526. The second kappa shape index (κ2) is 6.22. The maximum atomic E-state index is 5.55. The quantitative estimate of drug-likeness (QED) is 0.851. The first-order valence-electron chi connectivity index (χ1n) is 6.75. The van der Waals surface area contributed by atoms with Crippen LogP contribution in [0, 0.1) is 6.92 Å². The Balaban J connectivity index is 1.68. The maximum absolute atomic E-state index is 5.55. The SMILES string of the molecule is Cc1ccc(CNC(C)CN2CCCCC2)o1. The van der Waals surface area contributed by atoms with Crippen molar-refractivity contribution in [1.29, 1.82) is 0 Å². The highest BCUT2D eigenvalue weighted by Gasteiger charge is 2.13. The van der Waals surface area contributed by atoms with E-state index in [2.05, 4.69) is 23.2 Å². The van der Waals surface area contributed by atoms with E-state index in [9.17, 15) is 0 Å². The molecule has 0 bridgehead atoms. The highest BCUT2D eigenvalue weighted by Crippen LogP contribution is 2.09. The molecule has 0 aromatic carbocycles. The molecule has 3 nitrogen and oxygen atoms in total. The van der Waals surface area contributed by atoms with Gasteiger partial charge in [0.15, 0.2) is 0 Å². The third-order valence-corrected chi connectivity index (χ3v) is 3.40. The monoisotopic (exact) mass is 236 g/mol. The molecule has 2 rings (SSSR count). The topological polar surface area (TPSA) is 28.4 Å². The van der Waals surface area contributed by atoms with Crippen LogP contribution >= 0.6 is 0 Å². The smallest absolute Gasteiger partial charge is 0.117 e. The molecule has 1 fully saturated rings. The van der Waals surface area contributed by atoms with E-state index in [0.717, 1.165) is 24.6 Å². The van der Waals surface area contributed by atoms with E-state index >= 15 is 0 Å². The predicted molar refractivity (Wildman–Crippen MR) is 70.0 cm³/mol. The van der Waals surface area contributed by atoms with Crippen LogP contribution in [0.15, 0.2) is 16.5 Å². The van der Waals surface area contributed by atoms with Gasteiger partial charge in [-0.15, -0.1) is 0 Å². The molecule has 1 aliphatic rings. The number of piperidine rings is 1. The van der Waals surface area contributed by atoms with Crippen LogP contribution < -0.4 is 5.32 Å². The maximum Gasteiger partial charge on any atom is 0.117 e. The largest absolute Gasteiger partial charge is 0.465 e. The fraction of sp³-hybridized carbons (Fsp3) is 0.714. The molecule has 1 atom stereocenters. The van der Waals surface area contributed by atoms with Crippen LogP contribution in [-0.4, -0.2) is 30.6 Å². The van der Waals surface area contributed by atoms with Gasteiger partial charge in [0.2, 0.25) is 0 Å². The number of likely N-dealkylation sites (tertiary alicyclic amines) is 1. The summed E-state index contributed by atoms with van der Waals surface area (Å²) in [5.41, 5.74) is 0. The molecule has 0 radical (unpaired) electrons. The van der Waals surface area contributed by atoms with E-state index in [1.54, 1.807) is 0 Å². The van der Waals surface area contributed by atoms with Crippen molar-refractivity contribution >= 4 is 0 Å². The van der Waals surface area contributed by atoms with Crippen LogP contribution in [0.3, 0.4) is 0 Å². The second-order valence-corrected chi connectivity index (χ2v) is 5.16. The van der Waals surface area contributed by atoms with Gasteiger partial charge in [-0.25, -0.2) is 0 Å². The van der Waals surface area contributed by atoms with Crippen LogP contribution in [-0.2, 0) is 6.54 Å². The lowest BCUT2D eigenvalue weighted by Gasteiger charge is -2.29. The summed E-state index contributed by atoms with van der Waals surface area (Å²) in [6, 6.07) is 4.60. The van der Waals surface area contributed by atoms with Gasteiger partial charge in [-0.3, -0.25) is 0 Å². The summed E-state index contributed by atoms with van der Waals surface area (Å²) in [4.78, 5) is 2.56. The fourth-order valence-electron chi connectivity index (χ4n) is 2.45. The van der Waals surface area contributed by atoms with Crippen LogP contribution in [0.1, 0.15) is 37.7 Å². The van der Waals surface area contributed by atoms with E-state index < -0.39 is 0 Å². The van der Waals surface area contributed by atoms with Crippen molar-refractivity contribution in [3.05, 3.63) is 23.7 Å². The lowest BCUT2D eigenvalue weighted by atomic mass is 10.1. The zero-order valence-electron chi connectivity index (χ0n) is 11.0. The minimum atomic E-state index is 0.526. The number of hydrogen-bond acceptors (Lipinski definition) is 3. The van der Waals surface area contributed by atoms with Gasteiger partial charge in [-0.05, 0) is 51.9 Å². The zero-order chi connectivity index (χ0) is 12.1. The van der Waals surface area contributed by atoms with Crippen molar-refractivity contribution < 1.29 is 4.42 Å². The summed E-state index contributed by atoms with van der Waals surface area (Å²) >= 11 is 0. The van der Waals surface area contributed by atoms with E-state index in [-0.39, 0.29) is 0 Å². The van der Waals surface area contributed by atoms with Crippen LogP contribution in [0.2, 0.25) is 0 Å².